The Balaban J connectivity index is 1.67. The van der Waals surface area contributed by atoms with Gasteiger partial charge in [-0.05, 0) is 60.9 Å². The molecule has 1 fully saturated rings. The molecule has 1 N–H and O–H groups in total. The summed E-state index contributed by atoms with van der Waals surface area (Å²) in [6.07, 6.45) is 4.99. The van der Waals surface area contributed by atoms with Crippen LogP contribution in [0.2, 0.25) is 0 Å². The van der Waals surface area contributed by atoms with Crippen LogP contribution in [0.3, 0.4) is 0 Å². The summed E-state index contributed by atoms with van der Waals surface area (Å²) in [5.74, 6) is -1.51. The molecule has 5 nitrogen and oxygen atoms in total. The molecule has 0 bridgehead atoms. The van der Waals surface area contributed by atoms with Crippen molar-refractivity contribution in [2.24, 2.45) is 0 Å². The van der Waals surface area contributed by atoms with E-state index in [9.17, 15) is 18.4 Å². The van der Waals surface area contributed by atoms with Crippen LogP contribution in [0.15, 0.2) is 78.9 Å². The highest BCUT2D eigenvalue weighted by Crippen LogP contribution is 2.30. The maximum Gasteiger partial charge on any atom is 0.265 e. The minimum atomic E-state index is -1.02. The average molecular weight is 479 g/mol. The van der Waals surface area contributed by atoms with Crippen molar-refractivity contribution in [3.63, 3.8) is 0 Å². The van der Waals surface area contributed by atoms with Crippen molar-refractivity contribution < 1.29 is 23.1 Å². The predicted octanol–water partition coefficient (Wildman–Crippen LogP) is 5.57. The van der Waals surface area contributed by atoms with Crippen LogP contribution in [0, 0.1) is 11.6 Å². The molecule has 0 aromatic heterocycles. The van der Waals surface area contributed by atoms with Crippen molar-refractivity contribution in [3.05, 3.63) is 96.1 Å². The van der Waals surface area contributed by atoms with Crippen LogP contribution < -0.4 is 15.0 Å². The number of hydrogen-bond donors (Lipinski definition) is 1. The van der Waals surface area contributed by atoms with E-state index in [0.717, 1.165) is 32.1 Å². The number of nitrogens with zero attached hydrogens (tertiary/aromatic N) is 1. The molecule has 1 atom stereocenters. The summed E-state index contributed by atoms with van der Waals surface area (Å²) in [5.41, 5.74) is 0.838. The Morgan fingerprint density at radius 3 is 2.29 bits per heavy atom. The highest BCUT2D eigenvalue weighted by Gasteiger charge is 2.34. The summed E-state index contributed by atoms with van der Waals surface area (Å²) in [6.45, 7) is -0.414. The number of hydrogen-bond acceptors (Lipinski definition) is 3. The van der Waals surface area contributed by atoms with E-state index in [1.807, 2.05) is 6.07 Å². The number of anilines is 1. The van der Waals surface area contributed by atoms with Gasteiger partial charge >= 0.3 is 0 Å². The van der Waals surface area contributed by atoms with Crippen molar-refractivity contribution in [3.8, 4) is 5.75 Å². The second kappa shape index (κ2) is 11.6. The maximum absolute atomic E-state index is 14.2. The molecule has 1 saturated carbocycles. The molecular formula is C28H28F2N2O3. The van der Waals surface area contributed by atoms with Gasteiger partial charge in [-0.15, -0.1) is 0 Å². The number of carbonyl (C=O) groups excluding carboxylic acids is 2. The Bertz CT molecular complexity index is 1130. The van der Waals surface area contributed by atoms with E-state index in [1.165, 1.54) is 47.4 Å². The number of benzene rings is 3. The second-order valence-corrected chi connectivity index (χ2v) is 8.64. The lowest BCUT2D eigenvalue weighted by molar-refractivity contribution is -0.128. The molecule has 7 heteroatoms. The van der Waals surface area contributed by atoms with Crippen molar-refractivity contribution in [2.75, 3.05) is 11.5 Å². The van der Waals surface area contributed by atoms with Gasteiger partial charge < -0.3 is 10.1 Å². The van der Waals surface area contributed by atoms with E-state index in [2.05, 4.69) is 5.32 Å². The molecule has 0 radical (unpaired) electrons. The minimum Gasteiger partial charge on any atom is -0.484 e. The lowest BCUT2D eigenvalue weighted by Gasteiger charge is -2.33. The van der Waals surface area contributed by atoms with E-state index in [1.54, 1.807) is 30.3 Å². The van der Waals surface area contributed by atoms with Gasteiger partial charge in [0.25, 0.3) is 5.91 Å². The van der Waals surface area contributed by atoms with Crippen molar-refractivity contribution in [2.45, 2.75) is 44.2 Å². The fraction of sp³-hybridized carbons (Fsp3) is 0.286. The third kappa shape index (κ3) is 6.44. The zero-order chi connectivity index (χ0) is 24.6. The Morgan fingerprint density at radius 1 is 0.886 bits per heavy atom. The maximum atomic E-state index is 14.2. The standard InChI is InChI=1S/C28H28F2N2O3/c29-21-14-16-25(17-15-21)35-19-26(33)32(24-13-7-10-22(30)18-24)27(20-8-3-1-4-9-20)28(34)31-23-11-5-2-6-12-23/h1,3-4,7-10,13-18,23,27H,2,5-6,11-12,19H2,(H,31,34). The Kier molecular flexibility index (Phi) is 8.08. The van der Waals surface area contributed by atoms with Crippen molar-refractivity contribution >= 4 is 17.5 Å². The molecule has 4 rings (SSSR count). The average Bonchev–Trinajstić information content (AvgIpc) is 2.87. The van der Waals surface area contributed by atoms with Crippen molar-refractivity contribution in [1.82, 2.24) is 5.32 Å². The first-order chi connectivity index (χ1) is 17.0. The number of rotatable bonds is 8. The topological polar surface area (TPSA) is 58.6 Å². The molecule has 1 aliphatic carbocycles. The highest BCUT2D eigenvalue weighted by atomic mass is 19.1. The largest absolute Gasteiger partial charge is 0.484 e. The number of carbonyl (C=O) groups is 2. The summed E-state index contributed by atoms with van der Waals surface area (Å²) in [5, 5.41) is 3.11. The molecule has 3 aromatic carbocycles. The van der Waals surface area contributed by atoms with E-state index in [-0.39, 0.29) is 17.6 Å². The lowest BCUT2D eigenvalue weighted by atomic mass is 9.94. The fourth-order valence-electron chi connectivity index (χ4n) is 4.39. The summed E-state index contributed by atoms with van der Waals surface area (Å²) < 4.78 is 33.0. The number of ether oxygens (including phenoxy) is 1. The fourth-order valence-corrected chi connectivity index (χ4v) is 4.39. The summed E-state index contributed by atoms with van der Waals surface area (Å²) in [7, 11) is 0. The summed E-state index contributed by atoms with van der Waals surface area (Å²) in [6, 6.07) is 18.8. The SMILES string of the molecule is O=C(NC1CCCCC1)C(c1ccccc1)N(C(=O)COc1ccc(F)cc1)c1cccc(F)c1. The van der Waals surface area contributed by atoms with Crippen LogP contribution in [0.1, 0.15) is 43.7 Å². The van der Waals surface area contributed by atoms with Gasteiger partial charge in [-0.2, -0.15) is 0 Å². The van der Waals surface area contributed by atoms with Crippen LogP contribution in [0.4, 0.5) is 14.5 Å². The zero-order valence-corrected chi connectivity index (χ0v) is 19.3. The molecule has 2 amide bonds. The van der Waals surface area contributed by atoms with Crippen LogP contribution >= 0.6 is 0 Å². The quantitative estimate of drug-likeness (QED) is 0.461. The third-order valence-corrected chi connectivity index (χ3v) is 6.10. The monoisotopic (exact) mass is 478 g/mol. The summed E-state index contributed by atoms with van der Waals surface area (Å²) >= 11 is 0. The first-order valence-electron chi connectivity index (χ1n) is 11.8. The molecular weight excluding hydrogens is 450 g/mol. The molecule has 0 spiro atoms. The molecule has 0 saturated heterocycles. The molecule has 0 heterocycles. The van der Waals surface area contributed by atoms with E-state index in [4.69, 9.17) is 4.74 Å². The molecule has 35 heavy (non-hydrogen) atoms. The normalized spacial score (nSPS) is 14.7. The first-order valence-corrected chi connectivity index (χ1v) is 11.8. The van der Waals surface area contributed by atoms with Gasteiger partial charge in [0.2, 0.25) is 5.91 Å². The van der Waals surface area contributed by atoms with Gasteiger partial charge in [-0.3, -0.25) is 14.5 Å². The predicted molar refractivity (Wildman–Crippen MR) is 130 cm³/mol. The zero-order valence-electron chi connectivity index (χ0n) is 19.3. The Hall–Kier alpha value is -3.74. The van der Waals surface area contributed by atoms with Gasteiger partial charge in [-0.1, -0.05) is 55.7 Å². The van der Waals surface area contributed by atoms with Gasteiger partial charge in [0.15, 0.2) is 6.61 Å². The molecule has 3 aromatic rings. The van der Waals surface area contributed by atoms with Crippen LogP contribution in [-0.2, 0) is 9.59 Å². The van der Waals surface area contributed by atoms with E-state index in [0.29, 0.717) is 11.3 Å². The van der Waals surface area contributed by atoms with E-state index >= 15 is 0 Å². The minimum absolute atomic E-state index is 0.0300. The van der Waals surface area contributed by atoms with Crippen LogP contribution in [0.25, 0.3) is 0 Å². The van der Waals surface area contributed by atoms with Gasteiger partial charge in [0.05, 0.1) is 0 Å². The second-order valence-electron chi connectivity index (χ2n) is 8.64. The lowest BCUT2D eigenvalue weighted by Crippen LogP contribution is -2.48. The molecule has 182 valence electrons. The van der Waals surface area contributed by atoms with Crippen LogP contribution in [0.5, 0.6) is 5.75 Å². The number of halogens is 2. The Morgan fingerprint density at radius 2 is 1.60 bits per heavy atom. The van der Waals surface area contributed by atoms with E-state index < -0.39 is 30.2 Å². The Labute approximate surface area is 203 Å². The summed E-state index contributed by atoms with van der Waals surface area (Å²) in [4.78, 5) is 28.5. The van der Waals surface area contributed by atoms with Gasteiger partial charge in [0, 0.05) is 11.7 Å². The number of nitrogens with one attached hydrogen (secondary N) is 1. The molecule has 1 aliphatic rings. The third-order valence-electron chi connectivity index (χ3n) is 6.10. The molecule has 1 unspecified atom stereocenters. The van der Waals surface area contributed by atoms with Gasteiger partial charge in [-0.25, -0.2) is 8.78 Å². The number of amides is 2. The van der Waals surface area contributed by atoms with Crippen LogP contribution in [-0.4, -0.2) is 24.5 Å². The van der Waals surface area contributed by atoms with Gasteiger partial charge in [0.1, 0.15) is 23.4 Å². The highest BCUT2D eigenvalue weighted by molar-refractivity contribution is 6.02. The molecule has 0 aliphatic heterocycles. The first kappa shape index (κ1) is 24.4. The van der Waals surface area contributed by atoms with Crippen molar-refractivity contribution in [1.29, 1.82) is 0 Å². The smallest absolute Gasteiger partial charge is 0.265 e.